The fraction of sp³-hybridized carbons (Fsp3) is 0.800. The standard InChI is InChI=1S/C15H24N4O2/c1-15(5-8-18(2)9-6-15)14(20)19-7-3-4-12(10-19)13-16-11-21-17-13/h11-12H,3-10H2,1-2H3/t12-/m1/s1. The molecule has 3 heterocycles. The third-order valence-electron chi connectivity index (χ3n) is 5.06. The molecule has 1 atom stereocenters. The minimum atomic E-state index is -0.203. The van der Waals surface area contributed by atoms with E-state index in [0.29, 0.717) is 5.91 Å². The summed E-state index contributed by atoms with van der Waals surface area (Å²) in [6.45, 7) is 5.72. The Hall–Kier alpha value is -1.43. The summed E-state index contributed by atoms with van der Waals surface area (Å²) >= 11 is 0. The van der Waals surface area contributed by atoms with Gasteiger partial charge in [0.05, 0.1) is 0 Å². The van der Waals surface area contributed by atoms with E-state index in [1.54, 1.807) is 0 Å². The van der Waals surface area contributed by atoms with Gasteiger partial charge in [-0.2, -0.15) is 4.98 Å². The van der Waals surface area contributed by atoms with E-state index in [-0.39, 0.29) is 11.3 Å². The van der Waals surface area contributed by atoms with Gasteiger partial charge in [-0.25, -0.2) is 0 Å². The molecule has 2 aliphatic heterocycles. The number of hydrogen-bond donors (Lipinski definition) is 0. The van der Waals surface area contributed by atoms with Gasteiger partial charge in [0.15, 0.2) is 5.82 Å². The molecule has 6 heteroatoms. The van der Waals surface area contributed by atoms with Gasteiger partial charge in [0.2, 0.25) is 12.3 Å². The molecule has 2 saturated heterocycles. The van der Waals surface area contributed by atoms with Crippen molar-refractivity contribution in [3.63, 3.8) is 0 Å². The number of likely N-dealkylation sites (tertiary alicyclic amines) is 2. The molecular weight excluding hydrogens is 268 g/mol. The van der Waals surface area contributed by atoms with E-state index in [4.69, 9.17) is 4.52 Å². The number of piperidine rings is 2. The maximum atomic E-state index is 12.9. The van der Waals surface area contributed by atoms with Crippen LogP contribution in [0, 0.1) is 5.41 Å². The molecule has 0 unspecified atom stereocenters. The van der Waals surface area contributed by atoms with Gasteiger partial charge in [-0.3, -0.25) is 4.79 Å². The lowest BCUT2D eigenvalue weighted by molar-refractivity contribution is -0.145. The van der Waals surface area contributed by atoms with Crippen LogP contribution in [0.5, 0.6) is 0 Å². The lowest BCUT2D eigenvalue weighted by Crippen LogP contribution is -2.50. The number of amides is 1. The molecule has 1 aromatic rings. The molecule has 0 spiro atoms. The highest BCUT2D eigenvalue weighted by atomic mass is 16.5. The van der Waals surface area contributed by atoms with Gasteiger partial charge in [0, 0.05) is 24.4 Å². The predicted octanol–water partition coefficient (Wildman–Crippen LogP) is 1.51. The van der Waals surface area contributed by atoms with E-state index in [0.717, 1.165) is 57.7 Å². The first-order valence-corrected chi connectivity index (χ1v) is 7.83. The van der Waals surface area contributed by atoms with Gasteiger partial charge in [0.25, 0.3) is 0 Å². The van der Waals surface area contributed by atoms with Crippen molar-refractivity contribution in [1.29, 1.82) is 0 Å². The molecule has 0 radical (unpaired) electrons. The molecule has 0 aromatic carbocycles. The van der Waals surface area contributed by atoms with E-state index in [1.165, 1.54) is 6.39 Å². The van der Waals surface area contributed by atoms with Gasteiger partial charge in [-0.05, 0) is 45.8 Å². The second kappa shape index (κ2) is 5.75. The lowest BCUT2D eigenvalue weighted by atomic mass is 9.78. The molecule has 1 amide bonds. The highest BCUT2D eigenvalue weighted by Gasteiger charge is 2.40. The Labute approximate surface area is 125 Å². The molecule has 2 fully saturated rings. The molecule has 0 saturated carbocycles. The molecule has 3 rings (SSSR count). The Morgan fingerprint density at radius 3 is 2.81 bits per heavy atom. The number of rotatable bonds is 2. The Balaban J connectivity index is 1.67. The Bertz CT molecular complexity index is 480. The maximum Gasteiger partial charge on any atom is 0.228 e. The van der Waals surface area contributed by atoms with E-state index in [9.17, 15) is 4.79 Å². The van der Waals surface area contributed by atoms with Crippen LogP contribution in [0.3, 0.4) is 0 Å². The number of carbonyl (C=O) groups excluding carboxylic acids is 1. The summed E-state index contributed by atoms with van der Waals surface area (Å²) in [4.78, 5) is 21.4. The molecule has 0 bridgehead atoms. The van der Waals surface area contributed by atoms with E-state index in [2.05, 4.69) is 29.0 Å². The number of hydrogen-bond acceptors (Lipinski definition) is 5. The second-order valence-electron chi connectivity index (χ2n) is 6.74. The van der Waals surface area contributed by atoms with Crippen molar-refractivity contribution in [3.8, 4) is 0 Å². The number of aromatic nitrogens is 2. The first-order chi connectivity index (χ1) is 10.1. The molecule has 0 aliphatic carbocycles. The van der Waals surface area contributed by atoms with Crippen LogP contribution in [0.25, 0.3) is 0 Å². The van der Waals surface area contributed by atoms with Crippen LogP contribution in [0.4, 0.5) is 0 Å². The SMILES string of the molecule is CN1CCC(C)(C(=O)N2CCC[C@@H](c3ncon3)C2)CC1. The molecular formula is C15H24N4O2. The average Bonchev–Trinajstić information content (AvgIpc) is 3.04. The highest BCUT2D eigenvalue weighted by Crippen LogP contribution is 2.35. The Morgan fingerprint density at radius 1 is 1.38 bits per heavy atom. The van der Waals surface area contributed by atoms with Gasteiger partial charge in [-0.1, -0.05) is 12.1 Å². The van der Waals surface area contributed by atoms with Crippen molar-refractivity contribution in [2.24, 2.45) is 5.41 Å². The van der Waals surface area contributed by atoms with Crippen molar-refractivity contribution in [1.82, 2.24) is 19.9 Å². The van der Waals surface area contributed by atoms with Gasteiger partial charge < -0.3 is 14.3 Å². The predicted molar refractivity (Wildman–Crippen MR) is 77.7 cm³/mol. The zero-order valence-corrected chi connectivity index (χ0v) is 12.9. The monoisotopic (exact) mass is 292 g/mol. The molecule has 1 aromatic heterocycles. The zero-order valence-electron chi connectivity index (χ0n) is 12.9. The van der Waals surface area contributed by atoms with Crippen LogP contribution in [0.2, 0.25) is 0 Å². The first-order valence-electron chi connectivity index (χ1n) is 7.83. The molecule has 6 nitrogen and oxygen atoms in total. The average molecular weight is 292 g/mol. The van der Waals surface area contributed by atoms with Crippen LogP contribution >= 0.6 is 0 Å². The lowest BCUT2D eigenvalue weighted by Gasteiger charge is -2.42. The summed E-state index contributed by atoms with van der Waals surface area (Å²) in [6.07, 6.45) is 5.31. The fourth-order valence-corrected chi connectivity index (χ4v) is 3.44. The molecule has 2 aliphatic rings. The van der Waals surface area contributed by atoms with Crippen LogP contribution < -0.4 is 0 Å². The number of carbonyl (C=O) groups is 1. The summed E-state index contributed by atoms with van der Waals surface area (Å²) in [5.41, 5.74) is -0.203. The molecule has 21 heavy (non-hydrogen) atoms. The third kappa shape index (κ3) is 2.95. The fourth-order valence-electron chi connectivity index (χ4n) is 3.44. The van der Waals surface area contributed by atoms with Crippen molar-refractivity contribution in [3.05, 3.63) is 12.2 Å². The van der Waals surface area contributed by atoms with Gasteiger partial charge in [-0.15, -0.1) is 0 Å². The van der Waals surface area contributed by atoms with Crippen LogP contribution in [0.1, 0.15) is 44.3 Å². The largest absolute Gasteiger partial charge is 0.343 e. The van der Waals surface area contributed by atoms with E-state index < -0.39 is 0 Å². The zero-order chi connectivity index (χ0) is 14.9. The third-order valence-corrected chi connectivity index (χ3v) is 5.06. The smallest absolute Gasteiger partial charge is 0.228 e. The van der Waals surface area contributed by atoms with Gasteiger partial charge >= 0.3 is 0 Å². The second-order valence-corrected chi connectivity index (χ2v) is 6.74. The summed E-state index contributed by atoms with van der Waals surface area (Å²) in [5.74, 6) is 1.26. The van der Waals surface area contributed by atoms with Gasteiger partial charge in [0.1, 0.15) is 0 Å². The first kappa shape index (κ1) is 14.5. The molecule has 116 valence electrons. The minimum Gasteiger partial charge on any atom is -0.343 e. The number of nitrogens with zero attached hydrogens (tertiary/aromatic N) is 4. The molecule has 0 N–H and O–H groups in total. The van der Waals surface area contributed by atoms with Crippen molar-refractivity contribution in [2.75, 3.05) is 33.2 Å². The van der Waals surface area contributed by atoms with Crippen LogP contribution in [-0.2, 0) is 4.79 Å². The minimum absolute atomic E-state index is 0.203. The van der Waals surface area contributed by atoms with E-state index in [1.807, 2.05) is 4.90 Å². The summed E-state index contributed by atoms with van der Waals surface area (Å²) in [7, 11) is 2.12. The quantitative estimate of drug-likeness (QED) is 0.827. The summed E-state index contributed by atoms with van der Waals surface area (Å²) in [5, 5.41) is 3.94. The summed E-state index contributed by atoms with van der Waals surface area (Å²) < 4.78 is 4.84. The Kier molecular flexibility index (Phi) is 3.97. The van der Waals surface area contributed by atoms with Crippen molar-refractivity contribution in [2.45, 2.75) is 38.5 Å². The van der Waals surface area contributed by atoms with Crippen LogP contribution in [0.15, 0.2) is 10.9 Å². The topological polar surface area (TPSA) is 62.5 Å². The maximum absolute atomic E-state index is 12.9. The normalized spacial score (nSPS) is 26.8. The van der Waals surface area contributed by atoms with Crippen molar-refractivity contribution >= 4 is 5.91 Å². The van der Waals surface area contributed by atoms with Crippen LogP contribution in [-0.4, -0.2) is 59.1 Å². The Morgan fingerprint density at radius 2 is 2.14 bits per heavy atom. The highest BCUT2D eigenvalue weighted by molar-refractivity contribution is 5.82. The van der Waals surface area contributed by atoms with E-state index >= 15 is 0 Å². The summed E-state index contributed by atoms with van der Waals surface area (Å²) in [6, 6.07) is 0. The van der Waals surface area contributed by atoms with Crippen molar-refractivity contribution < 1.29 is 9.32 Å².